The van der Waals surface area contributed by atoms with Crippen molar-refractivity contribution >= 4 is 11.7 Å². The highest BCUT2D eigenvalue weighted by atomic mass is 19.1. The smallest absolute Gasteiger partial charge is 0.337 e. The number of aryl methyl sites for hydroxylation is 1. The van der Waals surface area contributed by atoms with Crippen molar-refractivity contribution in [3.05, 3.63) is 53.1 Å². The van der Waals surface area contributed by atoms with Crippen LogP contribution in [0.25, 0.3) is 0 Å². The van der Waals surface area contributed by atoms with Gasteiger partial charge in [0.15, 0.2) is 0 Å². The summed E-state index contributed by atoms with van der Waals surface area (Å²) in [7, 11) is 0. The molecular weight excluding hydrogens is 235 g/mol. The highest BCUT2D eigenvalue weighted by Crippen LogP contribution is 2.15. The zero-order chi connectivity index (χ0) is 13.1. The molecule has 18 heavy (non-hydrogen) atoms. The molecule has 1 heterocycles. The Balaban J connectivity index is 2.11. The van der Waals surface area contributed by atoms with Crippen molar-refractivity contribution in [1.82, 2.24) is 4.98 Å². The van der Waals surface area contributed by atoms with Crippen LogP contribution in [-0.4, -0.2) is 16.1 Å². The van der Waals surface area contributed by atoms with Gasteiger partial charge in [-0.1, -0.05) is 0 Å². The number of hydrogen-bond donors (Lipinski definition) is 3. The normalized spacial score (nSPS) is 10.3. The van der Waals surface area contributed by atoms with E-state index < -0.39 is 5.97 Å². The minimum Gasteiger partial charge on any atom is -0.478 e. The Kier molecular flexibility index (Phi) is 3.32. The van der Waals surface area contributed by atoms with Crippen LogP contribution in [0.5, 0.6) is 0 Å². The van der Waals surface area contributed by atoms with E-state index in [4.69, 9.17) is 5.11 Å². The monoisotopic (exact) mass is 248 g/mol. The lowest BCUT2D eigenvalue weighted by atomic mass is 10.2. The van der Waals surface area contributed by atoms with Gasteiger partial charge in [0.2, 0.25) is 0 Å². The van der Waals surface area contributed by atoms with Gasteiger partial charge in [-0.15, -0.1) is 0 Å². The van der Waals surface area contributed by atoms with Gasteiger partial charge < -0.3 is 15.4 Å². The van der Waals surface area contributed by atoms with Crippen LogP contribution in [0.1, 0.15) is 21.6 Å². The fraction of sp³-hybridized carbons (Fsp3) is 0.154. The zero-order valence-electron chi connectivity index (χ0n) is 9.83. The van der Waals surface area contributed by atoms with Crippen LogP contribution in [0.2, 0.25) is 0 Å². The van der Waals surface area contributed by atoms with Crippen LogP contribution < -0.4 is 5.32 Å². The van der Waals surface area contributed by atoms with Gasteiger partial charge in [-0.3, -0.25) is 0 Å². The maximum Gasteiger partial charge on any atom is 0.337 e. The molecule has 0 radical (unpaired) electrons. The van der Waals surface area contributed by atoms with E-state index in [1.807, 2.05) is 0 Å². The van der Waals surface area contributed by atoms with E-state index in [0.29, 0.717) is 17.9 Å². The number of aromatic nitrogens is 1. The van der Waals surface area contributed by atoms with Gasteiger partial charge in [0.1, 0.15) is 5.82 Å². The number of benzene rings is 1. The van der Waals surface area contributed by atoms with Gasteiger partial charge in [0.05, 0.1) is 12.1 Å². The molecular formula is C13H13FN2O2. The van der Waals surface area contributed by atoms with Crippen molar-refractivity contribution in [2.24, 2.45) is 0 Å². The van der Waals surface area contributed by atoms with Gasteiger partial charge in [0.25, 0.3) is 0 Å². The van der Waals surface area contributed by atoms with Gasteiger partial charge in [0, 0.05) is 17.6 Å². The van der Waals surface area contributed by atoms with E-state index in [0.717, 1.165) is 5.56 Å². The molecule has 1 aromatic heterocycles. The summed E-state index contributed by atoms with van der Waals surface area (Å²) in [6, 6.07) is 6.10. The predicted octanol–water partition coefficient (Wildman–Crippen LogP) is 2.77. The standard InChI is InChI=1S/C13H13FN2O2/c1-8-4-9(14)6-10(5-8)16-7-12-11(13(17)18)2-3-15-12/h2-6,15-16H,7H2,1H3,(H,17,18). The molecule has 0 fully saturated rings. The van der Waals surface area contributed by atoms with E-state index in [9.17, 15) is 9.18 Å². The minimum absolute atomic E-state index is 0.218. The number of hydrogen-bond acceptors (Lipinski definition) is 2. The average Bonchev–Trinajstić information content (AvgIpc) is 2.73. The first-order valence-electron chi connectivity index (χ1n) is 5.47. The van der Waals surface area contributed by atoms with Crippen molar-refractivity contribution in [3.63, 3.8) is 0 Å². The second-order valence-electron chi connectivity index (χ2n) is 4.05. The fourth-order valence-electron chi connectivity index (χ4n) is 1.78. The quantitative estimate of drug-likeness (QED) is 0.779. The lowest BCUT2D eigenvalue weighted by molar-refractivity contribution is 0.0696. The highest BCUT2D eigenvalue weighted by Gasteiger charge is 2.10. The average molecular weight is 248 g/mol. The summed E-state index contributed by atoms with van der Waals surface area (Å²) in [5.74, 6) is -1.30. The number of carboxylic acid groups (broad SMARTS) is 1. The summed E-state index contributed by atoms with van der Waals surface area (Å²) in [5, 5.41) is 11.9. The van der Waals surface area contributed by atoms with E-state index >= 15 is 0 Å². The van der Waals surface area contributed by atoms with Gasteiger partial charge in [-0.2, -0.15) is 0 Å². The Hall–Kier alpha value is -2.30. The highest BCUT2D eigenvalue weighted by molar-refractivity contribution is 5.89. The molecule has 0 aliphatic carbocycles. The molecule has 94 valence electrons. The van der Waals surface area contributed by atoms with Crippen molar-refractivity contribution in [2.75, 3.05) is 5.32 Å². The molecule has 0 unspecified atom stereocenters. The van der Waals surface area contributed by atoms with E-state index in [1.54, 1.807) is 19.2 Å². The topological polar surface area (TPSA) is 65.1 Å². The van der Waals surface area contributed by atoms with Crippen LogP contribution in [0.3, 0.4) is 0 Å². The third-order valence-electron chi connectivity index (χ3n) is 2.57. The number of halogens is 1. The Bertz CT molecular complexity index is 558. The van der Waals surface area contributed by atoms with Gasteiger partial charge in [-0.25, -0.2) is 9.18 Å². The Morgan fingerprint density at radius 3 is 2.89 bits per heavy atom. The number of rotatable bonds is 4. The molecule has 0 saturated carbocycles. The second-order valence-corrected chi connectivity index (χ2v) is 4.05. The number of carboxylic acids is 1. The summed E-state index contributed by atoms with van der Waals surface area (Å²) < 4.78 is 13.2. The molecule has 5 heteroatoms. The van der Waals surface area contributed by atoms with Crippen molar-refractivity contribution in [1.29, 1.82) is 0 Å². The van der Waals surface area contributed by atoms with Crippen LogP contribution in [-0.2, 0) is 6.54 Å². The molecule has 2 rings (SSSR count). The van der Waals surface area contributed by atoms with Crippen LogP contribution in [0.4, 0.5) is 10.1 Å². The number of carbonyl (C=O) groups is 1. The lowest BCUT2D eigenvalue weighted by Crippen LogP contribution is -2.06. The van der Waals surface area contributed by atoms with Crippen LogP contribution in [0, 0.1) is 12.7 Å². The summed E-state index contributed by atoms with van der Waals surface area (Å²) in [6.07, 6.45) is 1.57. The first-order valence-corrected chi connectivity index (χ1v) is 5.47. The summed E-state index contributed by atoms with van der Waals surface area (Å²) in [4.78, 5) is 13.7. The largest absolute Gasteiger partial charge is 0.478 e. The third kappa shape index (κ3) is 2.68. The van der Waals surface area contributed by atoms with E-state index in [-0.39, 0.29) is 11.4 Å². The predicted molar refractivity (Wildman–Crippen MR) is 66.2 cm³/mol. The maximum absolute atomic E-state index is 13.2. The molecule has 0 bridgehead atoms. The number of H-pyrrole nitrogens is 1. The molecule has 4 nitrogen and oxygen atoms in total. The van der Waals surface area contributed by atoms with Crippen LogP contribution in [0.15, 0.2) is 30.5 Å². The Labute approximate surface area is 103 Å². The number of aromatic carboxylic acids is 1. The Morgan fingerprint density at radius 1 is 1.44 bits per heavy atom. The molecule has 3 N–H and O–H groups in total. The molecule has 0 spiro atoms. The lowest BCUT2D eigenvalue weighted by Gasteiger charge is -2.07. The minimum atomic E-state index is -0.983. The first kappa shape index (κ1) is 12.2. The summed E-state index contributed by atoms with van der Waals surface area (Å²) in [6.45, 7) is 2.10. The van der Waals surface area contributed by atoms with Crippen molar-refractivity contribution in [3.8, 4) is 0 Å². The number of anilines is 1. The van der Waals surface area contributed by atoms with E-state index in [2.05, 4.69) is 10.3 Å². The number of nitrogens with one attached hydrogen (secondary N) is 2. The molecule has 0 aliphatic rings. The molecule has 0 amide bonds. The third-order valence-corrected chi connectivity index (χ3v) is 2.57. The van der Waals surface area contributed by atoms with Gasteiger partial charge in [-0.05, 0) is 36.8 Å². The summed E-state index contributed by atoms with van der Waals surface area (Å²) in [5.41, 5.74) is 2.21. The molecule has 0 saturated heterocycles. The van der Waals surface area contributed by atoms with Crippen molar-refractivity contribution in [2.45, 2.75) is 13.5 Å². The number of aromatic amines is 1. The SMILES string of the molecule is Cc1cc(F)cc(NCc2[nH]ccc2C(=O)O)c1. The van der Waals surface area contributed by atoms with Gasteiger partial charge >= 0.3 is 5.97 Å². The fourth-order valence-corrected chi connectivity index (χ4v) is 1.78. The first-order chi connectivity index (χ1) is 8.56. The summed E-state index contributed by atoms with van der Waals surface area (Å²) >= 11 is 0. The van der Waals surface area contributed by atoms with Crippen molar-refractivity contribution < 1.29 is 14.3 Å². The maximum atomic E-state index is 13.2. The van der Waals surface area contributed by atoms with E-state index in [1.165, 1.54) is 18.2 Å². The molecule has 1 aromatic carbocycles. The molecule has 0 atom stereocenters. The second kappa shape index (κ2) is 4.91. The molecule has 0 aliphatic heterocycles. The zero-order valence-corrected chi connectivity index (χ0v) is 9.83. The van der Waals surface area contributed by atoms with Crippen LogP contribution >= 0.6 is 0 Å². The Morgan fingerprint density at radius 2 is 2.22 bits per heavy atom. The molecule has 2 aromatic rings.